The molecule has 1 saturated carbocycles. The van der Waals surface area contributed by atoms with E-state index in [1.54, 1.807) is 12.1 Å². The fourth-order valence-electron chi connectivity index (χ4n) is 2.97. The predicted octanol–water partition coefficient (Wildman–Crippen LogP) is 4.18. The molecule has 1 aromatic rings. The van der Waals surface area contributed by atoms with Gasteiger partial charge in [-0.25, -0.2) is 4.39 Å². The first-order valence-electron chi connectivity index (χ1n) is 6.79. The van der Waals surface area contributed by atoms with Crippen molar-refractivity contribution in [2.75, 3.05) is 0 Å². The zero-order chi connectivity index (χ0) is 13.1. The highest BCUT2D eigenvalue weighted by atomic mass is 35.5. The molecular weight excluding hydrogens is 249 g/mol. The van der Waals surface area contributed by atoms with Gasteiger partial charge in [-0.1, -0.05) is 24.9 Å². The van der Waals surface area contributed by atoms with Gasteiger partial charge in [0.15, 0.2) is 0 Å². The summed E-state index contributed by atoms with van der Waals surface area (Å²) < 4.78 is 13.3. The highest BCUT2D eigenvalue weighted by Crippen LogP contribution is 2.33. The average molecular weight is 270 g/mol. The van der Waals surface area contributed by atoms with Crippen molar-refractivity contribution >= 4 is 11.6 Å². The molecule has 2 N–H and O–H groups in total. The highest BCUT2D eigenvalue weighted by molar-refractivity contribution is 6.31. The minimum Gasteiger partial charge on any atom is -0.327 e. The SMILES string of the molecule is CCC1CCC(N)C(Cc2cc(F)ccc2Cl)C1. The lowest BCUT2D eigenvalue weighted by Gasteiger charge is -2.34. The number of hydrogen-bond acceptors (Lipinski definition) is 1. The van der Waals surface area contributed by atoms with E-state index < -0.39 is 0 Å². The van der Waals surface area contributed by atoms with E-state index >= 15 is 0 Å². The average Bonchev–Trinajstić information content (AvgIpc) is 2.36. The molecule has 0 aromatic heterocycles. The van der Waals surface area contributed by atoms with Gasteiger partial charge in [0, 0.05) is 11.1 Å². The third kappa shape index (κ3) is 3.24. The molecule has 1 aliphatic rings. The van der Waals surface area contributed by atoms with Crippen LogP contribution >= 0.6 is 11.6 Å². The number of benzene rings is 1. The van der Waals surface area contributed by atoms with E-state index in [9.17, 15) is 4.39 Å². The Labute approximate surface area is 114 Å². The van der Waals surface area contributed by atoms with E-state index in [1.165, 1.54) is 18.9 Å². The van der Waals surface area contributed by atoms with Crippen LogP contribution < -0.4 is 5.73 Å². The second-order valence-electron chi connectivity index (χ2n) is 5.45. The summed E-state index contributed by atoms with van der Waals surface area (Å²) in [5, 5.41) is 0.655. The second-order valence-corrected chi connectivity index (χ2v) is 5.86. The maximum absolute atomic E-state index is 13.3. The maximum atomic E-state index is 13.3. The molecule has 0 aliphatic heterocycles. The van der Waals surface area contributed by atoms with Crippen LogP contribution in [0.5, 0.6) is 0 Å². The standard InChI is InChI=1S/C15H21ClFN/c1-2-10-3-6-15(18)12(7-10)8-11-9-13(17)4-5-14(11)16/h4-5,9-10,12,15H,2-3,6-8,18H2,1H3. The van der Waals surface area contributed by atoms with E-state index in [4.69, 9.17) is 17.3 Å². The van der Waals surface area contributed by atoms with Gasteiger partial charge in [0.25, 0.3) is 0 Å². The van der Waals surface area contributed by atoms with Crippen LogP contribution in [0, 0.1) is 17.7 Å². The Hall–Kier alpha value is -0.600. The molecule has 3 heteroatoms. The quantitative estimate of drug-likeness (QED) is 0.875. The van der Waals surface area contributed by atoms with Gasteiger partial charge in [-0.05, 0) is 61.3 Å². The zero-order valence-corrected chi connectivity index (χ0v) is 11.6. The molecular formula is C15H21ClFN. The molecule has 0 bridgehead atoms. The van der Waals surface area contributed by atoms with Crippen LogP contribution in [0.1, 0.15) is 38.2 Å². The van der Waals surface area contributed by atoms with Crippen molar-refractivity contribution in [1.29, 1.82) is 0 Å². The molecule has 1 fully saturated rings. The second kappa shape index (κ2) is 6.03. The van der Waals surface area contributed by atoms with Gasteiger partial charge >= 0.3 is 0 Å². The van der Waals surface area contributed by atoms with Crippen LogP contribution in [0.15, 0.2) is 18.2 Å². The first-order valence-corrected chi connectivity index (χ1v) is 7.17. The monoisotopic (exact) mass is 269 g/mol. The lowest BCUT2D eigenvalue weighted by molar-refractivity contribution is 0.227. The number of rotatable bonds is 3. The van der Waals surface area contributed by atoms with E-state index in [1.807, 2.05) is 0 Å². The molecule has 3 atom stereocenters. The van der Waals surface area contributed by atoms with Gasteiger partial charge in [-0.3, -0.25) is 0 Å². The molecule has 0 amide bonds. The zero-order valence-electron chi connectivity index (χ0n) is 10.8. The van der Waals surface area contributed by atoms with Gasteiger partial charge < -0.3 is 5.73 Å². The largest absolute Gasteiger partial charge is 0.327 e. The Bertz CT molecular complexity index is 407. The molecule has 2 rings (SSSR count). The van der Waals surface area contributed by atoms with E-state index in [0.717, 1.165) is 30.7 Å². The van der Waals surface area contributed by atoms with E-state index in [2.05, 4.69) is 6.92 Å². The van der Waals surface area contributed by atoms with Gasteiger partial charge in [-0.2, -0.15) is 0 Å². The molecule has 0 spiro atoms. The lowest BCUT2D eigenvalue weighted by Crippen LogP contribution is -2.37. The third-order valence-corrected chi connectivity index (χ3v) is 4.59. The van der Waals surface area contributed by atoms with Crippen LogP contribution in [0.4, 0.5) is 4.39 Å². The van der Waals surface area contributed by atoms with Crippen molar-refractivity contribution in [1.82, 2.24) is 0 Å². The van der Waals surface area contributed by atoms with E-state index in [0.29, 0.717) is 10.9 Å². The van der Waals surface area contributed by atoms with Crippen molar-refractivity contribution in [3.63, 3.8) is 0 Å². The summed E-state index contributed by atoms with van der Waals surface area (Å²) in [6, 6.07) is 4.82. The van der Waals surface area contributed by atoms with Crippen LogP contribution in [-0.2, 0) is 6.42 Å². The Balaban J connectivity index is 2.09. The van der Waals surface area contributed by atoms with Crippen LogP contribution in [0.2, 0.25) is 5.02 Å². The molecule has 0 heterocycles. The minimum absolute atomic E-state index is 0.217. The number of hydrogen-bond donors (Lipinski definition) is 1. The molecule has 0 radical (unpaired) electrons. The fourth-order valence-corrected chi connectivity index (χ4v) is 3.17. The Morgan fingerprint density at radius 2 is 2.17 bits per heavy atom. The minimum atomic E-state index is -0.217. The summed E-state index contributed by atoms with van der Waals surface area (Å²) in [4.78, 5) is 0. The van der Waals surface area contributed by atoms with Gasteiger partial charge in [-0.15, -0.1) is 0 Å². The number of nitrogens with two attached hydrogens (primary N) is 1. The first kappa shape index (κ1) is 13.8. The molecule has 18 heavy (non-hydrogen) atoms. The summed E-state index contributed by atoms with van der Waals surface area (Å²) in [5.74, 6) is 0.982. The van der Waals surface area contributed by atoms with Gasteiger partial charge in [0.1, 0.15) is 5.82 Å². The highest BCUT2D eigenvalue weighted by Gasteiger charge is 2.27. The lowest BCUT2D eigenvalue weighted by atomic mass is 9.75. The first-order chi connectivity index (χ1) is 8.60. The molecule has 1 nitrogen and oxygen atoms in total. The summed E-state index contributed by atoms with van der Waals surface area (Å²) in [5.41, 5.74) is 7.09. The Kier molecular flexibility index (Phi) is 4.63. The molecule has 1 aliphatic carbocycles. The van der Waals surface area contributed by atoms with Crippen molar-refractivity contribution < 1.29 is 4.39 Å². The predicted molar refractivity (Wildman–Crippen MR) is 74.2 cm³/mol. The molecule has 0 saturated heterocycles. The molecule has 3 unspecified atom stereocenters. The third-order valence-electron chi connectivity index (χ3n) is 4.22. The van der Waals surface area contributed by atoms with Crippen molar-refractivity contribution in [2.24, 2.45) is 17.6 Å². The maximum Gasteiger partial charge on any atom is 0.123 e. The van der Waals surface area contributed by atoms with Crippen molar-refractivity contribution in [2.45, 2.75) is 45.1 Å². The smallest absolute Gasteiger partial charge is 0.123 e. The van der Waals surface area contributed by atoms with Gasteiger partial charge in [0.2, 0.25) is 0 Å². The van der Waals surface area contributed by atoms with Crippen LogP contribution in [0.25, 0.3) is 0 Å². The molecule has 100 valence electrons. The number of halogens is 2. The topological polar surface area (TPSA) is 26.0 Å². The summed E-state index contributed by atoms with van der Waals surface area (Å²) in [7, 11) is 0. The fraction of sp³-hybridized carbons (Fsp3) is 0.600. The normalized spacial score (nSPS) is 28.3. The van der Waals surface area contributed by atoms with Gasteiger partial charge in [0.05, 0.1) is 0 Å². The van der Waals surface area contributed by atoms with Crippen molar-refractivity contribution in [3.05, 3.63) is 34.6 Å². The Morgan fingerprint density at radius 1 is 1.39 bits per heavy atom. The van der Waals surface area contributed by atoms with Crippen LogP contribution in [0.3, 0.4) is 0 Å². The summed E-state index contributed by atoms with van der Waals surface area (Å²) in [6.45, 7) is 2.23. The summed E-state index contributed by atoms with van der Waals surface area (Å²) >= 11 is 6.13. The molecule has 1 aromatic carbocycles. The van der Waals surface area contributed by atoms with Crippen molar-refractivity contribution in [3.8, 4) is 0 Å². The van der Waals surface area contributed by atoms with E-state index in [-0.39, 0.29) is 11.9 Å². The van der Waals surface area contributed by atoms with Crippen LogP contribution in [-0.4, -0.2) is 6.04 Å². The summed E-state index contributed by atoms with van der Waals surface area (Å²) in [6.07, 6.45) is 5.46. The Morgan fingerprint density at radius 3 is 2.89 bits per heavy atom.